The second-order valence-electron chi connectivity index (χ2n) is 2.52. The summed E-state index contributed by atoms with van der Waals surface area (Å²) in [5, 5.41) is 13.0. The normalized spacial score (nSPS) is 9.87. The van der Waals surface area contributed by atoms with E-state index in [4.69, 9.17) is 4.74 Å². The van der Waals surface area contributed by atoms with E-state index in [-0.39, 0.29) is 12.5 Å². The third-order valence-electron chi connectivity index (χ3n) is 1.45. The second-order valence-corrected chi connectivity index (χ2v) is 4.26. The SMILES string of the molecule is O=C(COc1nncs1)Nc1cccs1. The summed E-state index contributed by atoms with van der Waals surface area (Å²) in [6.07, 6.45) is 0. The zero-order chi connectivity index (χ0) is 10.5. The largest absolute Gasteiger partial charge is 0.459 e. The summed E-state index contributed by atoms with van der Waals surface area (Å²) in [7, 11) is 0. The van der Waals surface area contributed by atoms with Gasteiger partial charge in [0.2, 0.25) is 0 Å². The van der Waals surface area contributed by atoms with Crippen LogP contribution in [0.4, 0.5) is 5.00 Å². The van der Waals surface area contributed by atoms with Crippen LogP contribution in [-0.4, -0.2) is 22.7 Å². The summed E-state index contributed by atoms with van der Waals surface area (Å²) in [4.78, 5) is 11.3. The minimum atomic E-state index is -0.201. The summed E-state index contributed by atoms with van der Waals surface area (Å²) < 4.78 is 5.09. The van der Waals surface area contributed by atoms with E-state index < -0.39 is 0 Å². The topological polar surface area (TPSA) is 64.1 Å². The number of amides is 1. The minimum absolute atomic E-state index is 0.0485. The Morgan fingerprint density at radius 3 is 3.13 bits per heavy atom. The van der Waals surface area contributed by atoms with Crippen molar-refractivity contribution < 1.29 is 9.53 Å². The van der Waals surface area contributed by atoms with Crippen LogP contribution in [0.3, 0.4) is 0 Å². The molecule has 0 radical (unpaired) electrons. The Kier molecular flexibility index (Phi) is 3.25. The number of carbonyl (C=O) groups excluding carboxylic acids is 1. The van der Waals surface area contributed by atoms with Crippen molar-refractivity contribution >= 4 is 33.6 Å². The molecule has 0 fully saturated rings. The summed E-state index contributed by atoms with van der Waals surface area (Å²) >= 11 is 2.71. The molecule has 0 aliphatic rings. The van der Waals surface area contributed by atoms with Gasteiger partial charge >= 0.3 is 0 Å². The van der Waals surface area contributed by atoms with Gasteiger partial charge in [-0.1, -0.05) is 11.3 Å². The molecular weight excluding hydrogens is 234 g/mol. The van der Waals surface area contributed by atoms with Crippen molar-refractivity contribution in [2.75, 3.05) is 11.9 Å². The van der Waals surface area contributed by atoms with Gasteiger partial charge in [-0.15, -0.1) is 21.5 Å². The Morgan fingerprint density at radius 1 is 1.53 bits per heavy atom. The predicted molar refractivity (Wildman–Crippen MR) is 58.4 cm³/mol. The highest BCUT2D eigenvalue weighted by Crippen LogP contribution is 2.15. The van der Waals surface area contributed by atoms with Crippen LogP contribution in [0.2, 0.25) is 0 Å². The van der Waals surface area contributed by atoms with Gasteiger partial charge in [0.1, 0.15) is 5.51 Å². The fraction of sp³-hybridized carbons (Fsp3) is 0.125. The first kappa shape index (κ1) is 10.1. The van der Waals surface area contributed by atoms with E-state index in [9.17, 15) is 4.79 Å². The van der Waals surface area contributed by atoms with E-state index in [0.29, 0.717) is 5.19 Å². The average molecular weight is 241 g/mol. The lowest BCUT2D eigenvalue weighted by atomic mass is 10.6. The van der Waals surface area contributed by atoms with E-state index in [1.54, 1.807) is 5.51 Å². The third-order valence-corrected chi connectivity index (χ3v) is 2.84. The first-order valence-corrected chi connectivity index (χ1v) is 5.83. The van der Waals surface area contributed by atoms with Crippen LogP contribution >= 0.6 is 22.7 Å². The molecule has 0 saturated carbocycles. The number of hydrogen-bond donors (Lipinski definition) is 1. The molecule has 2 heterocycles. The van der Waals surface area contributed by atoms with E-state index in [1.807, 2.05) is 17.5 Å². The molecule has 7 heteroatoms. The number of hydrogen-bond acceptors (Lipinski definition) is 6. The van der Waals surface area contributed by atoms with Gasteiger partial charge in [-0.25, -0.2) is 0 Å². The van der Waals surface area contributed by atoms with Crippen LogP contribution in [0.1, 0.15) is 0 Å². The molecule has 15 heavy (non-hydrogen) atoms. The maximum Gasteiger partial charge on any atom is 0.294 e. The van der Waals surface area contributed by atoms with Crippen molar-refractivity contribution in [2.45, 2.75) is 0 Å². The lowest BCUT2D eigenvalue weighted by Gasteiger charge is -2.01. The molecular formula is C8H7N3O2S2. The lowest BCUT2D eigenvalue weighted by Crippen LogP contribution is -2.19. The van der Waals surface area contributed by atoms with Gasteiger partial charge in [0.05, 0.1) is 5.00 Å². The Balaban J connectivity index is 1.78. The fourth-order valence-corrected chi connectivity index (χ4v) is 1.92. The smallest absolute Gasteiger partial charge is 0.294 e. The molecule has 0 aromatic carbocycles. The molecule has 0 unspecified atom stereocenters. The number of ether oxygens (including phenoxy) is 1. The van der Waals surface area contributed by atoms with Crippen molar-refractivity contribution in [3.8, 4) is 5.19 Å². The van der Waals surface area contributed by atoms with Crippen LogP contribution in [0.15, 0.2) is 23.0 Å². The number of nitrogens with one attached hydrogen (secondary N) is 1. The molecule has 0 atom stereocenters. The minimum Gasteiger partial charge on any atom is -0.459 e. The molecule has 0 bridgehead atoms. The average Bonchev–Trinajstić information content (AvgIpc) is 2.86. The van der Waals surface area contributed by atoms with Gasteiger partial charge in [0, 0.05) is 0 Å². The van der Waals surface area contributed by atoms with Crippen LogP contribution in [0.25, 0.3) is 0 Å². The first-order chi connectivity index (χ1) is 7.34. The number of anilines is 1. The van der Waals surface area contributed by atoms with Gasteiger partial charge < -0.3 is 10.1 Å². The maximum absolute atomic E-state index is 11.3. The highest BCUT2D eigenvalue weighted by Gasteiger charge is 2.05. The van der Waals surface area contributed by atoms with Gasteiger partial charge in [0.15, 0.2) is 6.61 Å². The van der Waals surface area contributed by atoms with Crippen LogP contribution < -0.4 is 10.1 Å². The first-order valence-electron chi connectivity index (χ1n) is 4.07. The van der Waals surface area contributed by atoms with E-state index in [0.717, 1.165) is 5.00 Å². The van der Waals surface area contributed by atoms with Gasteiger partial charge in [-0.3, -0.25) is 4.79 Å². The molecule has 0 spiro atoms. The highest BCUT2D eigenvalue weighted by molar-refractivity contribution is 7.14. The molecule has 2 aromatic heterocycles. The van der Waals surface area contributed by atoms with Crippen molar-refractivity contribution in [3.63, 3.8) is 0 Å². The predicted octanol–water partition coefficient (Wildman–Crippen LogP) is 1.62. The van der Waals surface area contributed by atoms with E-state index in [2.05, 4.69) is 15.5 Å². The lowest BCUT2D eigenvalue weighted by molar-refractivity contribution is -0.118. The summed E-state index contributed by atoms with van der Waals surface area (Å²) in [6, 6.07) is 3.69. The Hall–Kier alpha value is -1.47. The molecule has 0 aliphatic heterocycles. The van der Waals surface area contributed by atoms with Crippen LogP contribution in [-0.2, 0) is 4.79 Å². The number of rotatable bonds is 4. The number of carbonyl (C=O) groups is 1. The Labute approximate surface area is 93.7 Å². The third kappa shape index (κ3) is 3.00. The molecule has 0 saturated heterocycles. The van der Waals surface area contributed by atoms with Gasteiger partial charge in [-0.2, -0.15) is 0 Å². The molecule has 5 nitrogen and oxygen atoms in total. The van der Waals surface area contributed by atoms with Crippen molar-refractivity contribution in [1.82, 2.24) is 10.2 Å². The number of thiophene rings is 1. The molecule has 78 valence electrons. The Bertz CT molecular complexity index is 413. The van der Waals surface area contributed by atoms with Crippen molar-refractivity contribution in [3.05, 3.63) is 23.0 Å². The number of aromatic nitrogens is 2. The zero-order valence-electron chi connectivity index (χ0n) is 7.54. The van der Waals surface area contributed by atoms with Crippen molar-refractivity contribution in [1.29, 1.82) is 0 Å². The standard InChI is InChI=1S/C8H7N3O2S2/c12-6(10-7-2-1-3-14-7)4-13-8-11-9-5-15-8/h1-3,5H,4H2,(H,10,12). The van der Waals surface area contributed by atoms with Gasteiger partial charge in [-0.05, 0) is 17.5 Å². The highest BCUT2D eigenvalue weighted by atomic mass is 32.1. The van der Waals surface area contributed by atoms with Gasteiger partial charge in [0.25, 0.3) is 11.1 Å². The van der Waals surface area contributed by atoms with Crippen LogP contribution in [0, 0.1) is 0 Å². The van der Waals surface area contributed by atoms with E-state index >= 15 is 0 Å². The monoisotopic (exact) mass is 241 g/mol. The quantitative estimate of drug-likeness (QED) is 0.883. The van der Waals surface area contributed by atoms with Crippen molar-refractivity contribution in [2.24, 2.45) is 0 Å². The van der Waals surface area contributed by atoms with E-state index in [1.165, 1.54) is 22.7 Å². The Morgan fingerprint density at radius 2 is 2.47 bits per heavy atom. The summed E-state index contributed by atoms with van der Waals surface area (Å²) in [5.74, 6) is -0.201. The molecule has 1 amide bonds. The number of nitrogens with zero attached hydrogens (tertiary/aromatic N) is 2. The maximum atomic E-state index is 11.3. The summed E-state index contributed by atoms with van der Waals surface area (Å²) in [6.45, 7) is -0.0485. The molecule has 0 aliphatic carbocycles. The molecule has 2 rings (SSSR count). The molecule has 2 aromatic rings. The fourth-order valence-electron chi connectivity index (χ4n) is 0.876. The second kappa shape index (κ2) is 4.85. The zero-order valence-corrected chi connectivity index (χ0v) is 9.18. The van der Waals surface area contributed by atoms with Crippen LogP contribution in [0.5, 0.6) is 5.19 Å². The molecule has 1 N–H and O–H groups in total. The summed E-state index contributed by atoms with van der Waals surface area (Å²) in [5.41, 5.74) is 1.55.